The Morgan fingerprint density at radius 2 is 1.94 bits per heavy atom. The van der Waals surface area contributed by atoms with Crippen LogP contribution in [0.5, 0.6) is 5.75 Å². The Labute approximate surface area is 188 Å². The lowest BCUT2D eigenvalue weighted by Gasteiger charge is -2.36. The fourth-order valence-electron chi connectivity index (χ4n) is 4.70. The van der Waals surface area contributed by atoms with E-state index >= 15 is 0 Å². The highest BCUT2D eigenvalue weighted by molar-refractivity contribution is 6.30. The van der Waals surface area contributed by atoms with Crippen molar-refractivity contribution in [1.29, 1.82) is 0 Å². The molecule has 0 saturated carbocycles. The molecule has 3 atom stereocenters. The smallest absolute Gasteiger partial charge is 0.119 e. The van der Waals surface area contributed by atoms with Gasteiger partial charge in [0.25, 0.3) is 0 Å². The van der Waals surface area contributed by atoms with E-state index in [1.54, 1.807) is 7.11 Å². The van der Waals surface area contributed by atoms with Crippen molar-refractivity contribution in [2.45, 2.75) is 18.2 Å². The third kappa shape index (κ3) is 4.37. The summed E-state index contributed by atoms with van der Waals surface area (Å²) in [5.74, 6) is 0.873. The molecule has 2 fully saturated rings. The molecule has 162 valence electrons. The van der Waals surface area contributed by atoms with Crippen LogP contribution in [0, 0.1) is 0 Å². The van der Waals surface area contributed by atoms with Gasteiger partial charge < -0.3 is 14.4 Å². The van der Waals surface area contributed by atoms with Gasteiger partial charge in [-0.2, -0.15) is 0 Å². The van der Waals surface area contributed by atoms with E-state index in [2.05, 4.69) is 57.7 Å². The van der Waals surface area contributed by atoms with Gasteiger partial charge in [-0.25, -0.2) is 0 Å². The molecule has 1 N–H and O–H groups in total. The molecule has 3 heterocycles. The van der Waals surface area contributed by atoms with Crippen LogP contribution in [-0.4, -0.2) is 62.0 Å². The Morgan fingerprint density at radius 3 is 2.71 bits per heavy atom. The van der Waals surface area contributed by atoms with E-state index in [1.807, 2.05) is 24.3 Å². The number of rotatable bonds is 5. The number of benzene rings is 2. The van der Waals surface area contributed by atoms with Crippen molar-refractivity contribution >= 4 is 17.2 Å². The van der Waals surface area contributed by atoms with Crippen LogP contribution in [0.15, 0.2) is 66.9 Å². The van der Waals surface area contributed by atoms with Crippen LogP contribution in [0.3, 0.4) is 0 Å². The molecule has 2 saturated heterocycles. The average Bonchev–Trinajstić information content (AvgIpc) is 3.18. The molecule has 0 amide bonds. The summed E-state index contributed by atoms with van der Waals surface area (Å²) in [6, 6.07) is 17.0. The summed E-state index contributed by atoms with van der Waals surface area (Å²) in [5, 5.41) is 4.60. The Hall–Kier alpha value is -2.31. The van der Waals surface area contributed by atoms with Gasteiger partial charge in [0.15, 0.2) is 0 Å². The molecule has 0 radical (unpaired) electrons. The Morgan fingerprint density at radius 1 is 1.13 bits per heavy atom. The molecule has 6 heteroatoms. The first-order valence-electron chi connectivity index (χ1n) is 10.8. The molecule has 3 aliphatic rings. The van der Waals surface area contributed by atoms with Crippen molar-refractivity contribution in [2.75, 3.05) is 40.0 Å². The molecule has 3 unspecified atom stereocenters. The Balaban J connectivity index is 1.46. The number of morpholine rings is 1. The molecule has 5 nitrogen and oxygen atoms in total. The van der Waals surface area contributed by atoms with Crippen molar-refractivity contribution in [1.82, 2.24) is 15.1 Å². The summed E-state index contributed by atoms with van der Waals surface area (Å²) >= 11 is 6.16. The first kappa shape index (κ1) is 20.6. The maximum absolute atomic E-state index is 6.16. The predicted octanol–water partition coefficient (Wildman–Crippen LogP) is 3.93. The monoisotopic (exact) mass is 437 g/mol. The zero-order chi connectivity index (χ0) is 21.2. The van der Waals surface area contributed by atoms with Gasteiger partial charge in [0, 0.05) is 30.9 Å². The highest BCUT2D eigenvalue weighted by Crippen LogP contribution is 2.36. The summed E-state index contributed by atoms with van der Waals surface area (Å²) in [6.07, 6.45) is 6.94. The maximum Gasteiger partial charge on any atom is 0.119 e. The van der Waals surface area contributed by atoms with Crippen molar-refractivity contribution in [2.24, 2.45) is 0 Å². The lowest BCUT2D eigenvalue weighted by atomic mass is 9.98. The number of hydrogen-bond acceptors (Lipinski definition) is 5. The minimum Gasteiger partial charge on any atom is -0.497 e. The number of nitrogens with one attached hydrogen (secondary N) is 1. The van der Waals surface area contributed by atoms with Crippen LogP contribution >= 0.6 is 11.6 Å². The molecule has 0 aliphatic carbocycles. The van der Waals surface area contributed by atoms with E-state index in [-0.39, 0.29) is 12.2 Å². The van der Waals surface area contributed by atoms with Crippen molar-refractivity contribution in [3.05, 3.63) is 83.0 Å². The van der Waals surface area contributed by atoms with Crippen LogP contribution in [0.2, 0.25) is 5.02 Å². The molecular weight excluding hydrogens is 410 g/mol. The van der Waals surface area contributed by atoms with E-state index in [0.717, 1.165) is 49.2 Å². The second kappa shape index (κ2) is 9.05. The quantitative estimate of drug-likeness (QED) is 0.767. The van der Waals surface area contributed by atoms with Crippen LogP contribution < -0.4 is 10.1 Å². The number of allylic oxidation sites excluding steroid dienone is 2. The topological polar surface area (TPSA) is 37.0 Å². The van der Waals surface area contributed by atoms with Crippen LogP contribution in [0.1, 0.15) is 17.2 Å². The van der Waals surface area contributed by atoms with E-state index < -0.39 is 0 Å². The second-order valence-corrected chi connectivity index (χ2v) is 8.68. The van der Waals surface area contributed by atoms with Crippen LogP contribution in [0.25, 0.3) is 5.57 Å². The molecule has 0 bridgehead atoms. The van der Waals surface area contributed by atoms with Crippen LogP contribution in [0.4, 0.5) is 0 Å². The first-order chi connectivity index (χ1) is 15.2. The fraction of sp³-hybridized carbons (Fsp3) is 0.360. The summed E-state index contributed by atoms with van der Waals surface area (Å²) in [5.41, 5.74) is 3.62. The van der Waals surface area contributed by atoms with Gasteiger partial charge in [-0.1, -0.05) is 41.9 Å². The molecule has 2 aromatic carbocycles. The van der Waals surface area contributed by atoms with Gasteiger partial charge >= 0.3 is 0 Å². The summed E-state index contributed by atoms with van der Waals surface area (Å²) < 4.78 is 11.0. The first-order valence-corrected chi connectivity index (χ1v) is 11.2. The van der Waals surface area contributed by atoms with Gasteiger partial charge in [-0.15, -0.1) is 0 Å². The highest BCUT2D eigenvalue weighted by atomic mass is 35.5. The largest absolute Gasteiger partial charge is 0.497 e. The number of hydrogen-bond donors (Lipinski definition) is 1. The Bertz CT molecular complexity index is 969. The third-order valence-electron chi connectivity index (χ3n) is 6.37. The zero-order valence-corrected chi connectivity index (χ0v) is 18.5. The number of halogens is 1. The van der Waals surface area contributed by atoms with Gasteiger partial charge in [0.1, 0.15) is 5.75 Å². The normalized spacial score (nSPS) is 25.9. The van der Waals surface area contributed by atoms with Crippen molar-refractivity contribution in [3.8, 4) is 5.75 Å². The SMILES string of the molecule is COc1cccc(C2=CN3C(C=C2)NC(c2ccc(Cl)cc2)C3CN2CCOCC2)c1. The van der Waals surface area contributed by atoms with Gasteiger partial charge in [-0.05, 0) is 47.0 Å². The molecule has 0 spiro atoms. The Kier molecular flexibility index (Phi) is 6.01. The molecule has 31 heavy (non-hydrogen) atoms. The van der Waals surface area contributed by atoms with E-state index in [0.29, 0.717) is 6.04 Å². The third-order valence-corrected chi connectivity index (χ3v) is 6.62. The van der Waals surface area contributed by atoms with Gasteiger partial charge in [-0.3, -0.25) is 10.2 Å². The molecule has 2 aromatic rings. The number of nitrogens with zero attached hydrogens (tertiary/aromatic N) is 2. The number of methoxy groups -OCH3 is 1. The minimum absolute atomic E-state index is 0.168. The molecule has 3 aliphatic heterocycles. The van der Waals surface area contributed by atoms with E-state index in [9.17, 15) is 0 Å². The predicted molar refractivity (Wildman–Crippen MR) is 124 cm³/mol. The van der Waals surface area contributed by atoms with E-state index in [1.165, 1.54) is 11.1 Å². The summed E-state index contributed by atoms with van der Waals surface area (Å²) in [6.45, 7) is 4.55. The lowest BCUT2D eigenvalue weighted by Crippen LogP contribution is -2.46. The molecule has 0 aromatic heterocycles. The highest BCUT2D eigenvalue weighted by Gasteiger charge is 2.41. The second-order valence-electron chi connectivity index (χ2n) is 8.24. The molecular formula is C25H28ClN3O2. The average molecular weight is 438 g/mol. The number of fused-ring (bicyclic) bond motifs is 1. The fourth-order valence-corrected chi connectivity index (χ4v) is 4.82. The van der Waals surface area contributed by atoms with Gasteiger partial charge in [0.05, 0.1) is 38.6 Å². The lowest BCUT2D eigenvalue weighted by molar-refractivity contribution is 0.0278. The van der Waals surface area contributed by atoms with Crippen molar-refractivity contribution < 1.29 is 9.47 Å². The zero-order valence-electron chi connectivity index (χ0n) is 17.7. The van der Waals surface area contributed by atoms with E-state index in [4.69, 9.17) is 21.1 Å². The summed E-state index contributed by atoms with van der Waals surface area (Å²) in [4.78, 5) is 4.99. The molecule has 5 rings (SSSR count). The minimum atomic E-state index is 0.168. The standard InChI is InChI=1S/C25H28ClN3O2/c1-30-22-4-2-3-19(15-22)20-7-10-24-27-25(18-5-8-21(26)9-6-18)23(29(24)16-20)17-28-11-13-31-14-12-28/h2-10,15-16,23-25,27H,11-14,17H2,1H3. The van der Waals surface area contributed by atoms with Gasteiger partial charge in [0.2, 0.25) is 0 Å². The summed E-state index contributed by atoms with van der Waals surface area (Å²) in [7, 11) is 1.71. The maximum atomic E-state index is 6.16. The van der Waals surface area contributed by atoms with Crippen molar-refractivity contribution in [3.63, 3.8) is 0 Å². The number of ether oxygens (including phenoxy) is 2. The van der Waals surface area contributed by atoms with Crippen LogP contribution in [-0.2, 0) is 4.74 Å².